The summed E-state index contributed by atoms with van der Waals surface area (Å²) in [6.07, 6.45) is 2.49. The van der Waals surface area contributed by atoms with Crippen LogP contribution in [0.1, 0.15) is 27.9 Å². The zero-order valence-corrected chi connectivity index (χ0v) is 15.1. The minimum atomic E-state index is -0.418. The first-order valence-electron chi connectivity index (χ1n) is 7.95. The topological polar surface area (TPSA) is 73.2 Å². The molecule has 0 aliphatic heterocycles. The number of hydrogen-bond acceptors (Lipinski definition) is 5. The maximum Gasteiger partial charge on any atom is 0.340 e. The summed E-state index contributed by atoms with van der Waals surface area (Å²) in [6, 6.07) is 7.44. The first kappa shape index (κ1) is 17.2. The molecule has 0 radical (unpaired) electrons. The van der Waals surface area contributed by atoms with Gasteiger partial charge in [-0.3, -0.25) is 4.79 Å². The molecular weight excluding hydrogens is 338 g/mol. The smallest absolute Gasteiger partial charge is 0.340 e. The van der Waals surface area contributed by atoms with Crippen molar-refractivity contribution in [1.82, 2.24) is 9.55 Å². The summed E-state index contributed by atoms with van der Waals surface area (Å²) >= 11 is 1.47. The molecule has 130 valence electrons. The monoisotopic (exact) mass is 357 g/mol. The molecule has 2 aromatic heterocycles. The number of ether oxygens (including phenoxy) is 1. The van der Waals surface area contributed by atoms with Crippen LogP contribution in [0.2, 0.25) is 0 Å². The van der Waals surface area contributed by atoms with Gasteiger partial charge in [0.05, 0.1) is 18.4 Å². The van der Waals surface area contributed by atoms with E-state index in [0.29, 0.717) is 10.7 Å². The Kier molecular flexibility index (Phi) is 4.85. The molecule has 0 spiro atoms. The van der Waals surface area contributed by atoms with Crippen molar-refractivity contribution in [2.24, 2.45) is 0 Å². The molecule has 1 N–H and O–H groups in total. The number of para-hydroxylation sites is 1. The van der Waals surface area contributed by atoms with E-state index >= 15 is 0 Å². The first-order chi connectivity index (χ1) is 12.0. The van der Waals surface area contributed by atoms with E-state index in [1.165, 1.54) is 18.4 Å². The molecule has 0 bridgehead atoms. The highest BCUT2D eigenvalue weighted by atomic mass is 32.1. The van der Waals surface area contributed by atoms with E-state index in [4.69, 9.17) is 4.74 Å². The number of aromatic nitrogens is 2. The lowest BCUT2D eigenvalue weighted by atomic mass is 10.2. The molecule has 1 aromatic carbocycles. The molecule has 6 nitrogen and oxygen atoms in total. The quantitative estimate of drug-likeness (QED) is 0.710. The Morgan fingerprint density at radius 3 is 2.76 bits per heavy atom. The number of benzene rings is 1. The molecular formula is C18H19N3O3S. The van der Waals surface area contributed by atoms with Crippen molar-refractivity contribution in [1.29, 1.82) is 0 Å². The molecule has 0 aliphatic carbocycles. The van der Waals surface area contributed by atoms with Gasteiger partial charge in [0.15, 0.2) is 5.13 Å². The maximum atomic E-state index is 12.4. The van der Waals surface area contributed by atoms with Crippen LogP contribution in [0.15, 0.2) is 30.5 Å². The zero-order valence-electron chi connectivity index (χ0n) is 14.3. The Bertz CT molecular complexity index is 942. The number of amides is 1. The van der Waals surface area contributed by atoms with Gasteiger partial charge in [-0.05, 0) is 19.4 Å². The molecule has 0 fully saturated rings. The Labute approximate surface area is 149 Å². The normalized spacial score (nSPS) is 10.8. The molecule has 3 aromatic rings. The van der Waals surface area contributed by atoms with Crippen LogP contribution < -0.4 is 5.32 Å². The van der Waals surface area contributed by atoms with E-state index in [1.807, 2.05) is 38.1 Å². The molecule has 2 heterocycles. The number of carbonyl (C=O) groups is 2. The minimum absolute atomic E-state index is 0.0948. The maximum absolute atomic E-state index is 12.4. The highest BCUT2D eigenvalue weighted by Gasteiger charge is 2.17. The predicted molar refractivity (Wildman–Crippen MR) is 98.1 cm³/mol. The van der Waals surface area contributed by atoms with Crippen molar-refractivity contribution < 1.29 is 14.3 Å². The van der Waals surface area contributed by atoms with Gasteiger partial charge in [-0.2, -0.15) is 0 Å². The summed E-state index contributed by atoms with van der Waals surface area (Å²) in [5.74, 6) is -0.605. The summed E-state index contributed by atoms with van der Waals surface area (Å²) in [5, 5.41) is 4.20. The Balaban J connectivity index is 1.84. The molecule has 3 rings (SSSR count). The third-order valence-electron chi connectivity index (χ3n) is 3.98. The number of anilines is 1. The van der Waals surface area contributed by atoms with Crippen molar-refractivity contribution in [2.45, 2.75) is 26.8 Å². The molecule has 0 unspecified atom stereocenters. The van der Waals surface area contributed by atoms with Crippen LogP contribution in [-0.4, -0.2) is 28.5 Å². The Morgan fingerprint density at radius 1 is 1.32 bits per heavy atom. The highest BCUT2D eigenvalue weighted by molar-refractivity contribution is 7.15. The molecule has 25 heavy (non-hydrogen) atoms. The van der Waals surface area contributed by atoms with Crippen LogP contribution in [0, 0.1) is 6.92 Å². The summed E-state index contributed by atoms with van der Waals surface area (Å²) < 4.78 is 6.57. The number of fused-ring (bicyclic) bond motifs is 1. The van der Waals surface area contributed by atoms with Crippen LogP contribution >= 0.6 is 11.3 Å². The number of esters is 1. The molecule has 0 atom stereocenters. The van der Waals surface area contributed by atoms with Gasteiger partial charge >= 0.3 is 5.97 Å². The van der Waals surface area contributed by atoms with Gasteiger partial charge in [0.2, 0.25) is 5.91 Å². The molecule has 1 amide bonds. The average Bonchev–Trinajstić information content (AvgIpc) is 3.14. The number of hydrogen-bond donors (Lipinski definition) is 1. The van der Waals surface area contributed by atoms with Crippen molar-refractivity contribution in [2.75, 3.05) is 12.4 Å². The zero-order chi connectivity index (χ0) is 18.0. The van der Waals surface area contributed by atoms with Crippen molar-refractivity contribution >= 4 is 39.2 Å². The summed E-state index contributed by atoms with van der Waals surface area (Å²) in [7, 11) is 1.34. The van der Waals surface area contributed by atoms with Gasteiger partial charge in [-0.25, -0.2) is 9.78 Å². The van der Waals surface area contributed by atoms with E-state index in [0.717, 1.165) is 27.9 Å². The standard InChI is InChI=1S/C18H19N3O3S/c1-4-14-11(2)25-18(19-14)20-16(22)10-21-9-13(17(23)24-3)12-7-5-6-8-15(12)21/h5-9H,4,10H2,1-3H3,(H,19,20,22). The summed E-state index contributed by atoms with van der Waals surface area (Å²) in [6.45, 7) is 4.12. The molecule has 0 saturated carbocycles. The average molecular weight is 357 g/mol. The predicted octanol–water partition coefficient (Wildman–Crippen LogP) is 3.39. The van der Waals surface area contributed by atoms with Crippen LogP contribution in [0.3, 0.4) is 0 Å². The molecule has 0 saturated heterocycles. The lowest BCUT2D eigenvalue weighted by Gasteiger charge is -2.05. The minimum Gasteiger partial charge on any atom is -0.465 e. The van der Waals surface area contributed by atoms with E-state index in [1.54, 1.807) is 10.8 Å². The lowest BCUT2D eigenvalue weighted by molar-refractivity contribution is -0.116. The first-order valence-corrected chi connectivity index (χ1v) is 8.77. The Hall–Kier alpha value is -2.67. The van der Waals surface area contributed by atoms with Gasteiger partial charge in [-0.1, -0.05) is 25.1 Å². The van der Waals surface area contributed by atoms with Crippen LogP contribution in [-0.2, 0) is 22.5 Å². The van der Waals surface area contributed by atoms with Crippen molar-refractivity contribution in [3.63, 3.8) is 0 Å². The van der Waals surface area contributed by atoms with Gasteiger partial charge in [0.1, 0.15) is 6.54 Å². The number of nitrogens with one attached hydrogen (secondary N) is 1. The summed E-state index contributed by atoms with van der Waals surface area (Å²) in [5.41, 5.74) is 2.26. The van der Waals surface area contributed by atoms with Crippen LogP contribution in [0.4, 0.5) is 5.13 Å². The van der Waals surface area contributed by atoms with Crippen molar-refractivity contribution in [3.8, 4) is 0 Å². The van der Waals surface area contributed by atoms with Crippen LogP contribution in [0.25, 0.3) is 10.9 Å². The van der Waals surface area contributed by atoms with Crippen LogP contribution in [0.5, 0.6) is 0 Å². The second kappa shape index (κ2) is 7.06. The third kappa shape index (κ3) is 3.41. The fraction of sp³-hybridized carbons (Fsp3) is 0.278. The van der Waals surface area contributed by atoms with Crippen molar-refractivity contribution in [3.05, 3.63) is 46.6 Å². The number of carbonyl (C=O) groups excluding carboxylic acids is 2. The lowest BCUT2D eigenvalue weighted by Crippen LogP contribution is -2.18. The fourth-order valence-electron chi connectivity index (χ4n) is 2.77. The molecule has 7 heteroatoms. The van der Waals surface area contributed by atoms with Gasteiger partial charge in [0, 0.05) is 22.0 Å². The third-order valence-corrected chi connectivity index (χ3v) is 4.91. The second-order valence-electron chi connectivity index (χ2n) is 5.60. The molecule has 0 aliphatic rings. The largest absolute Gasteiger partial charge is 0.465 e. The van der Waals surface area contributed by atoms with E-state index in [9.17, 15) is 9.59 Å². The van der Waals surface area contributed by atoms with E-state index < -0.39 is 5.97 Å². The van der Waals surface area contributed by atoms with Gasteiger partial charge in [-0.15, -0.1) is 11.3 Å². The number of rotatable bonds is 5. The van der Waals surface area contributed by atoms with Gasteiger partial charge in [0.25, 0.3) is 0 Å². The van der Waals surface area contributed by atoms with E-state index in [-0.39, 0.29) is 12.5 Å². The Morgan fingerprint density at radius 2 is 2.08 bits per heavy atom. The number of methoxy groups -OCH3 is 1. The summed E-state index contributed by atoms with van der Waals surface area (Å²) in [4.78, 5) is 29.9. The number of aryl methyl sites for hydroxylation is 2. The highest BCUT2D eigenvalue weighted by Crippen LogP contribution is 2.24. The fourth-order valence-corrected chi connectivity index (χ4v) is 3.69. The van der Waals surface area contributed by atoms with Gasteiger partial charge < -0.3 is 14.6 Å². The second-order valence-corrected chi connectivity index (χ2v) is 6.81. The number of thiazole rings is 1. The number of nitrogens with zero attached hydrogens (tertiary/aromatic N) is 2. The SMILES string of the molecule is CCc1nc(NC(=O)Cn2cc(C(=O)OC)c3ccccc32)sc1C. The van der Waals surface area contributed by atoms with E-state index in [2.05, 4.69) is 10.3 Å².